The van der Waals surface area contributed by atoms with E-state index in [1.165, 1.54) is 31.2 Å². The van der Waals surface area contributed by atoms with Crippen molar-refractivity contribution in [1.82, 2.24) is 31.5 Å². The van der Waals surface area contributed by atoms with E-state index in [9.17, 15) is 58.5 Å². The molecule has 0 aromatic heterocycles. The van der Waals surface area contributed by atoms with Gasteiger partial charge < -0.3 is 69.7 Å². The Bertz CT molecular complexity index is 1610. The van der Waals surface area contributed by atoms with E-state index >= 15 is 0 Å². The summed E-state index contributed by atoms with van der Waals surface area (Å²) >= 11 is 0. The average molecular weight is 807 g/mol. The largest absolute Gasteiger partial charge is 0.508 e. The van der Waals surface area contributed by atoms with Crippen LogP contribution in [0.1, 0.15) is 63.9 Å². The molecule has 1 fully saturated rings. The van der Waals surface area contributed by atoms with Crippen LogP contribution in [0.2, 0.25) is 0 Å². The molecule has 0 spiro atoms. The second kappa shape index (κ2) is 23.3. The number of aliphatic hydroxyl groups excluding tert-OH is 1. The number of nitrogens with one attached hydrogen (secondary N) is 5. The van der Waals surface area contributed by atoms with E-state index in [1.54, 1.807) is 0 Å². The third-order valence-electron chi connectivity index (χ3n) is 9.03. The molecule has 8 amide bonds. The summed E-state index contributed by atoms with van der Waals surface area (Å²) in [7, 11) is 0. The fraction of sp³-hybridized carbons (Fsp3) is 0.571. The fourth-order valence-electron chi connectivity index (χ4n) is 5.88. The summed E-state index contributed by atoms with van der Waals surface area (Å²) in [4.78, 5) is 116. The Kier molecular flexibility index (Phi) is 19.3. The molecule has 1 aromatic rings. The van der Waals surface area contributed by atoms with Gasteiger partial charge in [-0.3, -0.25) is 38.4 Å². The Labute approximate surface area is 328 Å². The van der Waals surface area contributed by atoms with Gasteiger partial charge in [0.05, 0.1) is 19.1 Å². The molecule has 1 heterocycles. The molecule has 0 bridgehead atoms. The fourth-order valence-corrected chi connectivity index (χ4v) is 5.88. The molecule has 0 saturated carbocycles. The second-order valence-corrected chi connectivity index (χ2v) is 13.6. The number of benzene rings is 1. The smallest absolute Gasteiger partial charge is 0.326 e. The molecule has 316 valence electrons. The number of hydrogen-bond acceptors (Lipinski definition) is 13. The van der Waals surface area contributed by atoms with Crippen molar-refractivity contribution in [1.29, 1.82) is 0 Å². The molecule has 2 rings (SSSR count). The van der Waals surface area contributed by atoms with Gasteiger partial charge in [0.15, 0.2) is 0 Å². The predicted molar refractivity (Wildman–Crippen MR) is 200 cm³/mol. The highest BCUT2D eigenvalue weighted by molar-refractivity contribution is 5.98. The summed E-state index contributed by atoms with van der Waals surface area (Å²) in [5.74, 6) is -8.61. The second-order valence-electron chi connectivity index (χ2n) is 13.6. The Morgan fingerprint density at radius 3 is 1.91 bits per heavy atom. The Morgan fingerprint density at radius 2 is 1.33 bits per heavy atom. The Morgan fingerprint density at radius 1 is 0.772 bits per heavy atom. The maximum atomic E-state index is 13.8. The third kappa shape index (κ3) is 15.7. The van der Waals surface area contributed by atoms with Crippen molar-refractivity contribution < 1.29 is 58.5 Å². The molecule has 7 atom stereocenters. The van der Waals surface area contributed by atoms with Gasteiger partial charge in [0.1, 0.15) is 42.0 Å². The van der Waals surface area contributed by atoms with Gasteiger partial charge in [-0.05, 0) is 69.7 Å². The number of unbranched alkanes of at least 4 members (excludes halogenated alkanes) is 1. The number of rotatable bonds is 24. The molecule has 1 aliphatic rings. The molecule has 0 radical (unpaired) electrons. The summed E-state index contributed by atoms with van der Waals surface area (Å²) in [6, 6.07) is -4.21. The minimum atomic E-state index is -1.76. The van der Waals surface area contributed by atoms with Gasteiger partial charge in [-0.1, -0.05) is 12.1 Å². The summed E-state index contributed by atoms with van der Waals surface area (Å²) in [5.41, 5.74) is 22.4. The molecular formula is C35H54N10O12. The summed E-state index contributed by atoms with van der Waals surface area (Å²) < 4.78 is 0. The number of carboxylic acids is 1. The van der Waals surface area contributed by atoms with Gasteiger partial charge in [0.25, 0.3) is 0 Å². The van der Waals surface area contributed by atoms with Gasteiger partial charge in [0.2, 0.25) is 47.3 Å². The molecule has 57 heavy (non-hydrogen) atoms. The number of likely N-dealkylation sites (tertiary alicyclic amines) is 1. The summed E-state index contributed by atoms with van der Waals surface area (Å²) in [5, 5.41) is 41.0. The number of carboxylic acid groups (broad SMARTS) is 1. The van der Waals surface area contributed by atoms with Gasteiger partial charge in [-0.15, -0.1) is 0 Å². The number of nitrogens with zero attached hydrogens (tertiary/aromatic N) is 1. The van der Waals surface area contributed by atoms with Gasteiger partial charge in [-0.2, -0.15) is 0 Å². The van der Waals surface area contributed by atoms with Gasteiger partial charge in [-0.25, -0.2) is 4.79 Å². The Balaban J connectivity index is 2.29. The van der Waals surface area contributed by atoms with E-state index in [4.69, 9.17) is 22.9 Å². The average Bonchev–Trinajstić information content (AvgIpc) is 3.65. The van der Waals surface area contributed by atoms with Crippen molar-refractivity contribution in [3.05, 3.63) is 29.8 Å². The lowest BCUT2D eigenvalue weighted by atomic mass is 10.0. The zero-order chi connectivity index (χ0) is 42.8. The highest BCUT2D eigenvalue weighted by atomic mass is 16.4. The molecule has 1 saturated heterocycles. The molecule has 1 aliphatic heterocycles. The highest BCUT2D eigenvalue weighted by Gasteiger charge is 2.37. The number of primary amides is 2. The first kappa shape index (κ1) is 47.3. The lowest BCUT2D eigenvalue weighted by Gasteiger charge is -2.27. The number of carbonyl (C=O) groups excluding carboxylic acids is 8. The number of amides is 8. The van der Waals surface area contributed by atoms with Crippen LogP contribution in [0.3, 0.4) is 0 Å². The van der Waals surface area contributed by atoms with E-state index in [-0.39, 0.29) is 50.9 Å². The zero-order valence-electron chi connectivity index (χ0n) is 31.6. The van der Waals surface area contributed by atoms with E-state index in [0.717, 1.165) is 4.90 Å². The number of carbonyl (C=O) groups is 9. The van der Waals surface area contributed by atoms with Crippen LogP contribution >= 0.6 is 0 Å². The van der Waals surface area contributed by atoms with Crippen LogP contribution in [0, 0.1) is 0 Å². The molecule has 22 heteroatoms. The van der Waals surface area contributed by atoms with E-state index in [0.29, 0.717) is 24.8 Å². The maximum Gasteiger partial charge on any atom is 0.326 e. The molecule has 1 aromatic carbocycles. The van der Waals surface area contributed by atoms with Gasteiger partial charge in [0, 0.05) is 19.4 Å². The molecule has 0 aliphatic carbocycles. The van der Waals surface area contributed by atoms with Crippen LogP contribution in [0.5, 0.6) is 5.75 Å². The van der Waals surface area contributed by atoms with Gasteiger partial charge >= 0.3 is 5.97 Å². The van der Waals surface area contributed by atoms with Crippen molar-refractivity contribution in [2.75, 3.05) is 19.7 Å². The number of aliphatic carboxylic acids is 1. The van der Waals surface area contributed by atoms with Crippen LogP contribution < -0.4 is 49.5 Å². The van der Waals surface area contributed by atoms with E-state index in [1.807, 2.05) is 0 Å². The van der Waals surface area contributed by atoms with Crippen LogP contribution in [0.4, 0.5) is 0 Å². The number of aromatic hydroxyl groups is 1. The number of aliphatic hydroxyl groups is 1. The SMILES string of the molecule is C[C@H](NC(=O)[C@H](CO)NC(=O)[C@H](CC(N)=O)NC(=O)[C@H](Cc1ccc(O)cc1)NC(=O)[C@H](CCCCN)NC(=O)[C@@H](N)CCC(N)=O)C(=O)N1CCC[C@H]1C(=O)O. The number of phenols is 1. The van der Waals surface area contributed by atoms with Crippen molar-refractivity contribution in [2.24, 2.45) is 22.9 Å². The van der Waals surface area contributed by atoms with Crippen LogP contribution in [0.15, 0.2) is 24.3 Å². The standard InChI is InChI=1S/C35H54N10O12/c1-18(34(55)45-14-4-6-26(45)35(56)57)40-33(54)25(17-46)44-32(53)24(16-28(39)49)43-31(52)23(15-19-7-9-20(47)10-8-19)42-30(51)22(5-2-3-13-36)41-29(50)21(37)11-12-27(38)48/h7-10,18,21-26,46-47H,2-6,11-17,36-37H2,1H3,(H2,38,48)(H2,39,49)(H,40,54)(H,41,50)(H,42,51)(H,43,52)(H,44,53)(H,56,57)/t18-,21-,22-,23-,24-,25-,26-/m0/s1. The van der Waals surface area contributed by atoms with Crippen molar-refractivity contribution in [3.63, 3.8) is 0 Å². The topological polar surface area (TPSA) is 382 Å². The van der Waals surface area contributed by atoms with Crippen LogP contribution in [-0.4, -0.2) is 135 Å². The van der Waals surface area contributed by atoms with Crippen LogP contribution in [0.25, 0.3) is 0 Å². The van der Waals surface area contributed by atoms with Crippen LogP contribution in [-0.2, 0) is 49.6 Å². The molecule has 0 unspecified atom stereocenters. The summed E-state index contributed by atoms with van der Waals surface area (Å²) in [6.07, 6.45) is 0.227. The monoisotopic (exact) mass is 806 g/mol. The molecule has 22 nitrogen and oxygen atoms in total. The first-order chi connectivity index (χ1) is 26.9. The predicted octanol–water partition coefficient (Wildman–Crippen LogP) is -4.96. The molecule has 16 N–H and O–H groups in total. The van der Waals surface area contributed by atoms with E-state index < -0.39 is 109 Å². The quantitative estimate of drug-likeness (QED) is 0.0436. The number of phenolic OH excluding ortho intramolecular Hbond substituents is 1. The van der Waals surface area contributed by atoms with Crippen molar-refractivity contribution in [3.8, 4) is 5.75 Å². The maximum absolute atomic E-state index is 13.8. The lowest BCUT2D eigenvalue weighted by molar-refractivity contribution is -0.149. The minimum absolute atomic E-state index is 0.0601. The molecular weight excluding hydrogens is 752 g/mol. The Hall–Kier alpha value is -5.87. The normalized spacial score (nSPS) is 16.8. The zero-order valence-corrected chi connectivity index (χ0v) is 31.6. The van der Waals surface area contributed by atoms with E-state index in [2.05, 4.69) is 26.6 Å². The summed E-state index contributed by atoms with van der Waals surface area (Å²) in [6.45, 7) is 0.714. The van der Waals surface area contributed by atoms with Crippen molar-refractivity contribution >= 4 is 53.2 Å². The lowest BCUT2D eigenvalue weighted by Crippen LogP contribution is -2.60. The highest BCUT2D eigenvalue weighted by Crippen LogP contribution is 2.18. The van der Waals surface area contributed by atoms with Crippen molar-refractivity contribution in [2.45, 2.75) is 107 Å². The minimum Gasteiger partial charge on any atom is -0.508 e. The first-order valence-corrected chi connectivity index (χ1v) is 18.3. The number of nitrogens with two attached hydrogens (primary N) is 4. The number of hydrogen-bond donors (Lipinski definition) is 12. The first-order valence-electron chi connectivity index (χ1n) is 18.3. The third-order valence-corrected chi connectivity index (χ3v) is 9.03.